The Morgan fingerprint density at radius 1 is 1.16 bits per heavy atom. The van der Waals surface area contributed by atoms with Crippen LogP contribution in [0.4, 0.5) is 4.39 Å². The molecule has 0 radical (unpaired) electrons. The van der Waals surface area contributed by atoms with Crippen LogP contribution in [0.3, 0.4) is 0 Å². The number of rotatable bonds is 8. The van der Waals surface area contributed by atoms with Crippen molar-refractivity contribution in [1.29, 1.82) is 0 Å². The Bertz CT molecular complexity index is 730. The van der Waals surface area contributed by atoms with Crippen LogP contribution in [0.2, 0.25) is 0 Å². The second-order valence-electron chi connectivity index (χ2n) is 5.55. The number of carboxylic acid groups (broad SMARTS) is 1. The van der Waals surface area contributed by atoms with Gasteiger partial charge in [-0.25, -0.2) is 9.18 Å². The average molecular weight is 345 g/mol. The maximum absolute atomic E-state index is 12.9. The minimum Gasteiger partial charge on any atom is -0.478 e. The lowest BCUT2D eigenvalue weighted by Gasteiger charge is -2.16. The molecular formula is C19H20FNO4. The molecule has 0 bridgehead atoms. The van der Waals surface area contributed by atoms with E-state index in [2.05, 4.69) is 5.32 Å². The van der Waals surface area contributed by atoms with Gasteiger partial charge in [0.25, 0.3) is 0 Å². The van der Waals surface area contributed by atoms with E-state index in [1.165, 1.54) is 24.3 Å². The number of amides is 1. The first-order valence-electron chi connectivity index (χ1n) is 7.97. The third-order valence-corrected chi connectivity index (χ3v) is 3.62. The van der Waals surface area contributed by atoms with Crippen molar-refractivity contribution in [1.82, 2.24) is 5.32 Å². The van der Waals surface area contributed by atoms with Crippen molar-refractivity contribution in [3.8, 4) is 5.75 Å². The molecule has 0 heterocycles. The topological polar surface area (TPSA) is 75.6 Å². The zero-order chi connectivity index (χ0) is 18.2. The fraction of sp³-hybridized carbons (Fsp3) is 0.263. The molecule has 0 saturated heterocycles. The fourth-order valence-electron chi connectivity index (χ4n) is 2.27. The zero-order valence-electron chi connectivity index (χ0n) is 13.9. The lowest BCUT2D eigenvalue weighted by atomic mass is 10.1. The molecule has 0 aliphatic carbocycles. The van der Waals surface area contributed by atoms with E-state index in [0.717, 1.165) is 17.5 Å². The molecule has 1 atom stereocenters. The Hall–Kier alpha value is -2.89. The standard InChI is InChI=1S/C19H20FNO4/c1-2-13-4-3-5-14(10-13)11-18(22)21-12-17(19(23)24)25-16-8-6-15(20)7-9-16/h3-10,17H,2,11-12H2,1H3,(H,21,22)(H,23,24). The van der Waals surface area contributed by atoms with Gasteiger partial charge in [-0.15, -0.1) is 0 Å². The van der Waals surface area contributed by atoms with Gasteiger partial charge in [-0.05, 0) is 41.8 Å². The van der Waals surface area contributed by atoms with Gasteiger partial charge in [0, 0.05) is 0 Å². The molecule has 0 fully saturated rings. The van der Waals surface area contributed by atoms with Crippen molar-refractivity contribution in [3.05, 3.63) is 65.5 Å². The number of benzene rings is 2. The van der Waals surface area contributed by atoms with Gasteiger partial charge in [-0.2, -0.15) is 0 Å². The summed E-state index contributed by atoms with van der Waals surface area (Å²) < 4.78 is 18.2. The summed E-state index contributed by atoms with van der Waals surface area (Å²) in [4.78, 5) is 23.3. The van der Waals surface area contributed by atoms with Gasteiger partial charge >= 0.3 is 5.97 Å². The number of carboxylic acids is 1. The summed E-state index contributed by atoms with van der Waals surface area (Å²) in [6.07, 6.45) is -0.213. The van der Waals surface area contributed by atoms with Crippen molar-refractivity contribution in [2.75, 3.05) is 6.54 Å². The molecule has 0 saturated carbocycles. The third-order valence-electron chi connectivity index (χ3n) is 3.62. The number of halogens is 1. The highest BCUT2D eigenvalue weighted by molar-refractivity contribution is 5.80. The third kappa shape index (κ3) is 5.91. The Labute approximate surface area is 145 Å². The molecule has 6 heteroatoms. The number of hydrogen-bond donors (Lipinski definition) is 2. The molecule has 0 aliphatic heterocycles. The molecule has 5 nitrogen and oxygen atoms in total. The van der Waals surface area contributed by atoms with E-state index >= 15 is 0 Å². The molecule has 25 heavy (non-hydrogen) atoms. The molecular weight excluding hydrogens is 325 g/mol. The maximum atomic E-state index is 12.9. The SMILES string of the molecule is CCc1cccc(CC(=O)NCC(Oc2ccc(F)cc2)C(=O)O)c1. The Morgan fingerprint density at radius 2 is 1.84 bits per heavy atom. The summed E-state index contributed by atoms with van der Waals surface area (Å²) in [5.41, 5.74) is 2.00. The number of carbonyl (C=O) groups excluding carboxylic acids is 1. The molecule has 2 aromatic carbocycles. The molecule has 2 aromatic rings. The van der Waals surface area contributed by atoms with Crippen LogP contribution >= 0.6 is 0 Å². The minimum atomic E-state index is -1.25. The van der Waals surface area contributed by atoms with E-state index < -0.39 is 17.9 Å². The second kappa shape index (κ2) is 8.82. The summed E-state index contributed by atoms with van der Waals surface area (Å²) in [5, 5.41) is 11.8. The van der Waals surface area contributed by atoms with E-state index in [4.69, 9.17) is 4.74 Å². The van der Waals surface area contributed by atoms with Gasteiger partial charge in [0.2, 0.25) is 12.0 Å². The summed E-state index contributed by atoms with van der Waals surface area (Å²) in [6.45, 7) is 1.85. The van der Waals surface area contributed by atoms with Crippen molar-refractivity contribution in [3.63, 3.8) is 0 Å². The highest BCUT2D eigenvalue weighted by Gasteiger charge is 2.20. The molecule has 1 unspecified atom stereocenters. The van der Waals surface area contributed by atoms with Crippen LogP contribution < -0.4 is 10.1 Å². The first kappa shape index (κ1) is 18.4. The van der Waals surface area contributed by atoms with E-state index in [9.17, 15) is 19.1 Å². The van der Waals surface area contributed by atoms with Crippen LogP contribution in [-0.2, 0) is 22.4 Å². The Balaban J connectivity index is 1.90. The van der Waals surface area contributed by atoms with Crippen LogP contribution in [0.1, 0.15) is 18.1 Å². The van der Waals surface area contributed by atoms with Gasteiger partial charge in [-0.1, -0.05) is 31.2 Å². The second-order valence-corrected chi connectivity index (χ2v) is 5.55. The van der Waals surface area contributed by atoms with Crippen molar-refractivity contribution >= 4 is 11.9 Å². The zero-order valence-corrected chi connectivity index (χ0v) is 13.9. The number of nitrogens with one attached hydrogen (secondary N) is 1. The van der Waals surface area contributed by atoms with Crippen LogP contribution in [0.25, 0.3) is 0 Å². The lowest BCUT2D eigenvalue weighted by molar-refractivity contribution is -0.145. The lowest BCUT2D eigenvalue weighted by Crippen LogP contribution is -2.40. The number of aliphatic carboxylic acids is 1. The monoisotopic (exact) mass is 345 g/mol. The first-order valence-corrected chi connectivity index (χ1v) is 7.97. The van der Waals surface area contributed by atoms with Crippen molar-refractivity contribution in [2.24, 2.45) is 0 Å². The quantitative estimate of drug-likeness (QED) is 0.771. The minimum absolute atomic E-state index is 0.163. The molecule has 132 valence electrons. The van der Waals surface area contributed by atoms with Crippen molar-refractivity contribution < 1.29 is 23.8 Å². The molecule has 0 aromatic heterocycles. The Morgan fingerprint density at radius 3 is 2.48 bits per heavy atom. The van der Waals surface area contributed by atoms with Crippen LogP contribution in [0.15, 0.2) is 48.5 Å². The summed E-state index contributed by atoms with van der Waals surface area (Å²) >= 11 is 0. The number of carbonyl (C=O) groups is 2. The number of hydrogen-bond acceptors (Lipinski definition) is 3. The summed E-state index contributed by atoms with van der Waals surface area (Å²) in [6, 6.07) is 12.7. The number of aryl methyl sites for hydroxylation is 1. The maximum Gasteiger partial charge on any atom is 0.346 e. The van der Waals surface area contributed by atoms with Crippen LogP contribution in [-0.4, -0.2) is 29.6 Å². The molecule has 2 rings (SSSR count). The predicted molar refractivity (Wildman–Crippen MR) is 91.0 cm³/mol. The normalized spacial score (nSPS) is 11.6. The van der Waals surface area contributed by atoms with Gasteiger partial charge < -0.3 is 15.2 Å². The van der Waals surface area contributed by atoms with Crippen LogP contribution in [0, 0.1) is 5.82 Å². The molecule has 0 aliphatic rings. The first-order chi connectivity index (χ1) is 12.0. The average Bonchev–Trinajstić information content (AvgIpc) is 2.60. The predicted octanol–water partition coefficient (Wildman–Crippen LogP) is 2.58. The van der Waals surface area contributed by atoms with Crippen molar-refractivity contribution in [2.45, 2.75) is 25.9 Å². The van der Waals surface area contributed by atoms with Gasteiger partial charge in [-0.3, -0.25) is 4.79 Å². The van der Waals surface area contributed by atoms with E-state index in [1.807, 2.05) is 31.2 Å². The molecule has 0 spiro atoms. The fourth-order valence-corrected chi connectivity index (χ4v) is 2.27. The van der Waals surface area contributed by atoms with Gasteiger partial charge in [0.15, 0.2) is 0 Å². The summed E-state index contributed by atoms with van der Waals surface area (Å²) in [5.74, 6) is -1.72. The van der Waals surface area contributed by atoms with E-state index in [-0.39, 0.29) is 24.6 Å². The highest BCUT2D eigenvalue weighted by Crippen LogP contribution is 2.13. The highest BCUT2D eigenvalue weighted by atomic mass is 19.1. The Kier molecular flexibility index (Phi) is 6.51. The molecule has 1 amide bonds. The van der Waals surface area contributed by atoms with Gasteiger partial charge in [0.05, 0.1) is 13.0 Å². The van der Waals surface area contributed by atoms with E-state index in [1.54, 1.807) is 0 Å². The largest absolute Gasteiger partial charge is 0.478 e. The smallest absolute Gasteiger partial charge is 0.346 e. The van der Waals surface area contributed by atoms with Crippen LogP contribution in [0.5, 0.6) is 5.75 Å². The number of ether oxygens (including phenoxy) is 1. The van der Waals surface area contributed by atoms with Gasteiger partial charge in [0.1, 0.15) is 11.6 Å². The molecule has 2 N–H and O–H groups in total. The summed E-state index contributed by atoms with van der Waals surface area (Å²) in [7, 11) is 0. The van der Waals surface area contributed by atoms with E-state index in [0.29, 0.717) is 0 Å².